The van der Waals surface area contributed by atoms with Crippen molar-refractivity contribution in [1.29, 1.82) is 0 Å². The summed E-state index contributed by atoms with van der Waals surface area (Å²) in [4.78, 5) is 3.68. The zero-order valence-electron chi connectivity index (χ0n) is 5.74. The Morgan fingerprint density at radius 3 is 3.00 bits per heavy atom. The summed E-state index contributed by atoms with van der Waals surface area (Å²) in [7, 11) is -0.840. The summed E-state index contributed by atoms with van der Waals surface area (Å²) in [5, 5.41) is 3.89. The molecule has 0 aliphatic carbocycles. The van der Waals surface area contributed by atoms with Crippen molar-refractivity contribution < 1.29 is 4.21 Å². The first-order valence-corrected chi connectivity index (χ1v) is 4.83. The predicted molar refractivity (Wildman–Crippen MR) is 47.7 cm³/mol. The highest BCUT2D eigenvalue weighted by Gasteiger charge is 1.78. The van der Waals surface area contributed by atoms with Crippen LogP contribution in [-0.4, -0.2) is 22.2 Å². The highest BCUT2D eigenvalue weighted by Crippen LogP contribution is 1.85. The number of isothiocyanates is 1. The molecule has 56 valence electrons. The van der Waals surface area contributed by atoms with E-state index >= 15 is 0 Å². The molecule has 4 heteroatoms. The van der Waals surface area contributed by atoms with E-state index in [1.165, 1.54) is 0 Å². The summed E-state index contributed by atoms with van der Waals surface area (Å²) >= 11 is 4.35. The molecular weight excluding hydrogens is 166 g/mol. The molecule has 0 heterocycles. The van der Waals surface area contributed by atoms with Crippen molar-refractivity contribution in [2.75, 3.05) is 12.8 Å². The molecule has 0 amide bonds. The summed E-state index contributed by atoms with van der Waals surface area (Å²) in [5.74, 6) is 0. The lowest BCUT2D eigenvalue weighted by Gasteiger charge is -1.82. The van der Waals surface area contributed by atoms with E-state index in [1.54, 1.807) is 11.7 Å². The second-order valence-corrected chi connectivity index (χ2v) is 3.08. The molecule has 0 aliphatic heterocycles. The lowest BCUT2D eigenvalue weighted by molar-refractivity contribution is 0.691. The first kappa shape index (κ1) is 9.69. The highest BCUT2D eigenvalue weighted by molar-refractivity contribution is 7.87. The van der Waals surface area contributed by atoms with Gasteiger partial charge in [0.1, 0.15) is 0 Å². The Balaban J connectivity index is 3.35. The van der Waals surface area contributed by atoms with E-state index in [0.29, 0.717) is 6.54 Å². The van der Waals surface area contributed by atoms with Gasteiger partial charge in [0.15, 0.2) is 0 Å². The molecule has 0 aromatic heterocycles. The normalized spacial score (nSPS) is 12.9. The van der Waals surface area contributed by atoms with Crippen molar-refractivity contribution >= 4 is 28.2 Å². The maximum Gasteiger partial charge on any atom is 0.0585 e. The molecule has 0 saturated carbocycles. The van der Waals surface area contributed by atoms with Crippen LogP contribution < -0.4 is 0 Å². The summed E-state index contributed by atoms with van der Waals surface area (Å²) in [6.45, 7) is 0.636. The third-order valence-electron chi connectivity index (χ3n) is 0.760. The highest BCUT2D eigenvalue weighted by atomic mass is 32.2. The van der Waals surface area contributed by atoms with Gasteiger partial charge in [0.25, 0.3) is 0 Å². The fraction of sp³-hybridized carbons (Fsp3) is 0.500. The van der Waals surface area contributed by atoms with Crippen LogP contribution in [0.25, 0.3) is 0 Å². The molecule has 10 heavy (non-hydrogen) atoms. The smallest absolute Gasteiger partial charge is 0.0585 e. The van der Waals surface area contributed by atoms with Gasteiger partial charge in [0.05, 0.1) is 11.7 Å². The van der Waals surface area contributed by atoms with Crippen LogP contribution in [0.2, 0.25) is 0 Å². The van der Waals surface area contributed by atoms with Crippen molar-refractivity contribution in [2.24, 2.45) is 4.99 Å². The molecule has 2 nitrogen and oxygen atoms in total. The average Bonchev–Trinajstić information content (AvgIpc) is 1.87. The third kappa shape index (κ3) is 7.69. The number of aliphatic imine (C=N–C) groups is 1. The number of nitrogens with zero attached hydrogens (tertiary/aromatic N) is 1. The number of hydrogen-bond acceptors (Lipinski definition) is 3. The standard InChI is InChI=1S/C6H9NOS2/c1-10(8)5-3-2-4-7-6-9/h3,5H,2,4H2,1H3/b5-3-/t10-/m1/s1. The minimum Gasteiger partial charge on any atom is -0.255 e. The second kappa shape index (κ2) is 6.81. The summed E-state index contributed by atoms with van der Waals surface area (Å²) in [6.07, 6.45) is 4.23. The molecule has 1 atom stereocenters. The van der Waals surface area contributed by atoms with Crippen molar-refractivity contribution in [2.45, 2.75) is 6.42 Å². The van der Waals surface area contributed by atoms with Crippen LogP contribution in [-0.2, 0) is 10.8 Å². The summed E-state index contributed by atoms with van der Waals surface area (Å²) in [6, 6.07) is 0. The summed E-state index contributed by atoms with van der Waals surface area (Å²) in [5.41, 5.74) is 0. The van der Waals surface area contributed by atoms with Crippen molar-refractivity contribution in [3.05, 3.63) is 11.5 Å². The maximum absolute atomic E-state index is 10.4. The van der Waals surface area contributed by atoms with Gasteiger partial charge in [-0.3, -0.25) is 4.21 Å². The Kier molecular flexibility index (Phi) is 6.59. The van der Waals surface area contributed by atoms with Gasteiger partial charge in [-0.2, -0.15) is 0 Å². The molecular formula is C6H9NOS2. The molecule has 0 fully saturated rings. The zero-order chi connectivity index (χ0) is 7.82. The van der Waals surface area contributed by atoms with E-state index in [2.05, 4.69) is 22.4 Å². The number of thiocarbonyl (C=S) groups is 1. The number of rotatable bonds is 4. The third-order valence-corrected chi connectivity index (χ3v) is 1.46. The Morgan fingerprint density at radius 1 is 1.80 bits per heavy atom. The lowest BCUT2D eigenvalue weighted by Crippen LogP contribution is -1.77. The van der Waals surface area contributed by atoms with Crippen molar-refractivity contribution in [3.63, 3.8) is 0 Å². The van der Waals surface area contributed by atoms with Crippen LogP contribution in [0.1, 0.15) is 6.42 Å². The molecule has 0 N–H and O–H groups in total. The van der Waals surface area contributed by atoms with Gasteiger partial charge in [-0.05, 0) is 24.0 Å². The Labute approximate surface area is 68.5 Å². The van der Waals surface area contributed by atoms with Crippen LogP contribution in [0.5, 0.6) is 0 Å². The molecule has 0 aliphatic rings. The largest absolute Gasteiger partial charge is 0.255 e. The van der Waals surface area contributed by atoms with E-state index < -0.39 is 10.8 Å². The van der Waals surface area contributed by atoms with Gasteiger partial charge in [-0.15, -0.1) is 0 Å². The molecule has 0 unspecified atom stereocenters. The fourth-order valence-electron chi connectivity index (χ4n) is 0.388. The number of hydrogen-bond donors (Lipinski definition) is 0. The minimum atomic E-state index is -0.840. The SMILES string of the molecule is C[S@@](=O)/C=C\CCN=C=S. The topological polar surface area (TPSA) is 29.4 Å². The van der Waals surface area contributed by atoms with Crippen LogP contribution in [0.3, 0.4) is 0 Å². The molecule has 0 aromatic carbocycles. The fourth-order valence-corrected chi connectivity index (χ4v) is 0.887. The van der Waals surface area contributed by atoms with Crippen LogP contribution in [0.15, 0.2) is 16.5 Å². The molecule has 0 saturated heterocycles. The quantitative estimate of drug-likeness (QED) is 0.367. The molecule has 0 bridgehead atoms. The molecule has 0 spiro atoms. The second-order valence-electron chi connectivity index (χ2n) is 1.63. The van der Waals surface area contributed by atoms with Gasteiger partial charge >= 0.3 is 0 Å². The van der Waals surface area contributed by atoms with E-state index in [0.717, 1.165) is 6.42 Å². The zero-order valence-corrected chi connectivity index (χ0v) is 7.37. The first-order valence-electron chi connectivity index (χ1n) is 2.80. The minimum absolute atomic E-state index is 0.636. The lowest BCUT2D eigenvalue weighted by atomic mass is 10.4. The summed E-state index contributed by atoms with van der Waals surface area (Å²) < 4.78 is 10.4. The van der Waals surface area contributed by atoms with E-state index in [1.807, 2.05) is 6.08 Å². The monoisotopic (exact) mass is 175 g/mol. The van der Waals surface area contributed by atoms with Crippen molar-refractivity contribution in [1.82, 2.24) is 0 Å². The van der Waals surface area contributed by atoms with Gasteiger partial charge in [-0.25, -0.2) is 4.99 Å². The van der Waals surface area contributed by atoms with E-state index in [4.69, 9.17) is 0 Å². The van der Waals surface area contributed by atoms with E-state index in [9.17, 15) is 4.21 Å². The van der Waals surface area contributed by atoms with Gasteiger partial charge in [0.2, 0.25) is 0 Å². The average molecular weight is 175 g/mol. The van der Waals surface area contributed by atoms with Crippen LogP contribution in [0.4, 0.5) is 0 Å². The van der Waals surface area contributed by atoms with Crippen LogP contribution >= 0.6 is 12.2 Å². The molecule has 0 radical (unpaired) electrons. The first-order chi connectivity index (χ1) is 4.77. The van der Waals surface area contributed by atoms with Gasteiger partial charge in [0, 0.05) is 17.1 Å². The molecule has 0 aromatic rings. The van der Waals surface area contributed by atoms with E-state index in [-0.39, 0.29) is 0 Å². The van der Waals surface area contributed by atoms with Gasteiger partial charge < -0.3 is 0 Å². The van der Waals surface area contributed by atoms with Gasteiger partial charge in [-0.1, -0.05) is 6.08 Å². The Morgan fingerprint density at radius 2 is 2.50 bits per heavy atom. The maximum atomic E-state index is 10.4. The Bertz CT molecular complexity index is 182. The predicted octanol–water partition coefficient (Wildman–Crippen LogP) is 1.37. The van der Waals surface area contributed by atoms with Crippen LogP contribution in [0, 0.1) is 0 Å². The van der Waals surface area contributed by atoms with Crippen molar-refractivity contribution in [3.8, 4) is 0 Å². The Hall–Kier alpha value is -0.310. The molecule has 0 rings (SSSR count).